The van der Waals surface area contributed by atoms with E-state index in [1.807, 2.05) is 0 Å². The van der Waals surface area contributed by atoms with Crippen LogP contribution in [-0.4, -0.2) is 145 Å². The van der Waals surface area contributed by atoms with Crippen LogP contribution >= 0.6 is 102 Å². The van der Waals surface area contributed by atoms with Gasteiger partial charge in [0.15, 0.2) is 26.4 Å². The number of rotatable bonds is 28. The van der Waals surface area contributed by atoms with Gasteiger partial charge in [0.05, 0.1) is 0 Å². The Hall–Kier alpha value is -5.10. The lowest BCUT2D eigenvalue weighted by atomic mass is 9.38. The lowest BCUT2D eigenvalue weighted by Gasteiger charge is -2.73. The van der Waals surface area contributed by atoms with Crippen molar-refractivity contribution in [3.63, 3.8) is 0 Å². The maximum absolute atomic E-state index is 12.1. The van der Waals surface area contributed by atoms with Gasteiger partial charge in [0.2, 0.25) is 17.1 Å². The number of carbonyl (C=O) groups excluding carboxylic acids is 8. The van der Waals surface area contributed by atoms with Gasteiger partial charge in [-0.05, 0) is 242 Å². The number of piperidine rings is 2. The van der Waals surface area contributed by atoms with Crippen LogP contribution in [0.1, 0.15) is 161 Å². The Bertz CT molecular complexity index is 3360. The third-order valence-corrected chi connectivity index (χ3v) is 22.8. The molecule has 19 nitrogen and oxygen atoms in total. The van der Waals surface area contributed by atoms with Crippen LogP contribution in [0.3, 0.4) is 0 Å². The van der Waals surface area contributed by atoms with E-state index in [9.17, 15) is 38.4 Å². The number of ether oxygens (including phenoxy) is 4. The Morgan fingerprint density at radius 3 is 1.00 bits per heavy atom. The number of nitrogens with one attached hydrogen (secondary N) is 4. The molecule has 8 bridgehead atoms. The zero-order valence-corrected chi connectivity index (χ0v) is 63.8. The molecule has 18 rings (SSSR count). The Labute approximate surface area is 633 Å². The zero-order chi connectivity index (χ0) is 70.7. The van der Waals surface area contributed by atoms with Gasteiger partial charge in [-0.25, -0.2) is 0 Å². The minimum absolute atomic E-state index is 0. The number of benzene rings is 4. The second-order valence-electron chi connectivity index (χ2n) is 29.1. The Balaban J connectivity index is 0.000000150. The van der Waals surface area contributed by atoms with Gasteiger partial charge < -0.3 is 55.7 Å². The molecule has 27 heteroatoms. The number of nitrogens with two attached hydrogens (primary N) is 1. The fraction of sp³-hybridized carbons (Fsp3) is 0.562. The molecule has 544 valence electrons. The second kappa shape index (κ2) is 34.2. The first kappa shape index (κ1) is 79.0. The van der Waals surface area contributed by atoms with Crippen LogP contribution in [0.4, 0.5) is 0 Å². The summed E-state index contributed by atoms with van der Waals surface area (Å²) in [6.07, 6.45) is 22.2. The topological polar surface area (TPSA) is 254 Å². The van der Waals surface area contributed by atoms with E-state index < -0.39 is 0 Å². The second-order valence-corrected chi connectivity index (χ2v) is 32.8. The third kappa shape index (κ3) is 20.4. The van der Waals surface area contributed by atoms with Crippen LogP contribution < -0.4 is 45.9 Å². The molecule has 0 unspecified atom stereocenters. The third-order valence-electron chi connectivity index (χ3n) is 20.5. The first-order valence-electron chi connectivity index (χ1n) is 34.2. The fourth-order valence-corrected chi connectivity index (χ4v) is 18.0. The molecular formula is C73H89Br2Cl6N7O12. The molecular weight excluding hydrogens is 1540 g/mol. The van der Waals surface area contributed by atoms with Gasteiger partial charge in [0.25, 0.3) is 23.6 Å². The molecule has 100 heavy (non-hydrogen) atoms. The number of carbonyl (C=O) groups is 8. The summed E-state index contributed by atoms with van der Waals surface area (Å²) in [6, 6.07) is 27.8. The van der Waals surface area contributed by atoms with Crippen molar-refractivity contribution >= 4 is 149 Å². The summed E-state index contributed by atoms with van der Waals surface area (Å²) >= 11 is 34.9. The Morgan fingerprint density at radius 2 is 0.720 bits per heavy atom. The Kier molecular flexibility index (Phi) is 27.0. The quantitative estimate of drug-likeness (QED) is 0.0202. The predicted molar refractivity (Wildman–Crippen MR) is 396 cm³/mol. The first-order chi connectivity index (χ1) is 47.2. The highest BCUT2D eigenvalue weighted by Gasteiger charge is 2.73. The van der Waals surface area contributed by atoms with Crippen LogP contribution in [0.25, 0.3) is 0 Å². The van der Waals surface area contributed by atoms with Gasteiger partial charge in [0, 0.05) is 115 Å². The summed E-state index contributed by atoms with van der Waals surface area (Å²) in [5.41, 5.74) is 5.81. The van der Waals surface area contributed by atoms with Crippen molar-refractivity contribution in [2.75, 3.05) is 50.2 Å². The lowest BCUT2D eigenvalue weighted by molar-refractivity contribution is -0.196. The van der Waals surface area contributed by atoms with Gasteiger partial charge in [-0.3, -0.25) is 38.4 Å². The van der Waals surface area contributed by atoms with Crippen LogP contribution in [0.15, 0.2) is 97.1 Å². The van der Waals surface area contributed by atoms with Crippen molar-refractivity contribution < 1.29 is 57.3 Å². The molecule has 4 aromatic rings. The molecule has 2 saturated heterocycles. The number of nitrogens with zero attached hydrogens (tertiary/aromatic N) is 2. The van der Waals surface area contributed by atoms with E-state index in [0.29, 0.717) is 81.0 Å². The highest BCUT2D eigenvalue weighted by Crippen LogP contribution is 2.69. The molecule has 12 saturated carbocycles. The number of hydrogen-bond donors (Lipinski definition) is 5. The molecule has 12 aliphatic carbocycles. The molecule has 0 spiro atoms. The summed E-state index contributed by atoms with van der Waals surface area (Å²) in [7, 11) is 0. The average Bonchev–Trinajstić information content (AvgIpc) is 0.689. The van der Waals surface area contributed by atoms with Crippen molar-refractivity contribution in [1.29, 1.82) is 0 Å². The molecule has 0 aromatic heterocycles. The molecule has 6 amide bonds. The standard InChI is InChI=1S/C19H23BrClNO3.2C18H21ClN2O3.C13H15ClN2O2.C5H8BrClO.ClH/c20-8-2-1-3-15(23)9-18-11-19(12-18,13-18)22-17(24)10-25-16-6-4-14(21)5-7-16;2*19-13-4-6-14(7-5-13)24-9-15(22)20-17-10-18(11-17,12-17)21-8-2-1-3-16(21)23;14-9-1-3-10(4-2-9)18-5-11(17)16-13-6-12(15,7-13)8-13;6-4-2-1-3-5(7)8;/h4-7H,1-3,8-13H2,(H,22,24);2*4-7H,1-3,8-12H2,(H,20,22);1-4H,5-8,15H2,(H,16,17);1-4H2;1H. The van der Waals surface area contributed by atoms with Crippen LogP contribution in [0.5, 0.6) is 23.0 Å². The van der Waals surface area contributed by atoms with Gasteiger partial charge in [-0.15, -0.1) is 12.4 Å². The maximum atomic E-state index is 12.1. The van der Waals surface area contributed by atoms with Crippen molar-refractivity contribution in [2.24, 2.45) is 11.1 Å². The molecule has 2 aliphatic heterocycles. The smallest absolute Gasteiger partial charge is 0.258 e. The molecule has 14 aliphatic rings. The molecule has 2 heterocycles. The number of unbranched alkanes of at least 4 members (excludes halogenated alkanes) is 2. The summed E-state index contributed by atoms with van der Waals surface area (Å²) in [6.45, 7) is 1.78. The van der Waals surface area contributed by atoms with E-state index in [4.69, 9.17) is 82.7 Å². The highest BCUT2D eigenvalue weighted by atomic mass is 79.9. The summed E-state index contributed by atoms with van der Waals surface area (Å²) in [5.74, 6) is 3.05. The summed E-state index contributed by atoms with van der Waals surface area (Å²) in [5, 5.41) is 16.5. The van der Waals surface area contributed by atoms with E-state index in [1.54, 1.807) is 97.1 Å². The molecule has 14 fully saturated rings. The molecule has 0 atom stereocenters. The molecule has 0 radical (unpaired) electrons. The van der Waals surface area contributed by atoms with Crippen molar-refractivity contribution in [2.45, 2.75) is 199 Å². The minimum Gasteiger partial charge on any atom is -0.484 e. The van der Waals surface area contributed by atoms with Gasteiger partial charge in [-0.1, -0.05) is 78.3 Å². The monoisotopic (exact) mass is 1620 g/mol. The molecule has 6 N–H and O–H groups in total. The van der Waals surface area contributed by atoms with Crippen molar-refractivity contribution in [1.82, 2.24) is 31.1 Å². The van der Waals surface area contributed by atoms with Crippen LogP contribution in [0.2, 0.25) is 20.1 Å². The van der Waals surface area contributed by atoms with E-state index >= 15 is 0 Å². The number of Topliss-reactive ketones (excluding diaryl/α,β-unsaturated/α-hetero) is 1. The first-order valence-corrected chi connectivity index (χ1v) is 38.3. The summed E-state index contributed by atoms with van der Waals surface area (Å²) in [4.78, 5) is 98.4. The van der Waals surface area contributed by atoms with E-state index in [0.717, 1.165) is 152 Å². The predicted octanol–water partition coefficient (Wildman–Crippen LogP) is 13.5. The van der Waals surface area contributed by atoms with Crippen LogP contribution in [-0.2, 0) is 38.4 Å². The number of amides is 6. The lowest BCUT2D eigenvalue weighted by Crippen LogP contribution is -2.84. The average molecular weight is 1630 g/mol. The number of likely N-dealkylation sites (tertiary alicyclic amines) is 2. The summed E-state index contributed by atoms with van der Waals surface area (Å²) < 4.78 is 21.8. The Morgan fingerprint density at radius 1 is 0.430 bits per heavy atom. The largest absolute Gasteiger partial charge is 0.484 e. The SMILES string of the molecule is Cl.NC12CC(NC(=O)COc3ccc(Cl)cc3)(C1)C2.O=C(CCCCBr)CC12CC(NC(=O)COc3ccc(Cl)cc3)(C1)C2.O=C(COc1ccc(Cl)cc1)NC12CC(N3CCCCC3=O)(C1)C2.O=C(COc1ccc(Cl)cc1)NC12CC(N3CCCCC3=O)(C1)C2.O=C(Cl)CCCCBr. The fourth-order valence-electron chi connectivity index (χ4n) is 16.6. The number of halogens is 8. The minimum atomic E-state index is -0.231. The number of ketones is 1. The van der Waals surface area contributed by atoms with Gasteiger partial charge in [0.1, 0.15) is 28.8 Å². The van der Waals surface area contributed by atoms with E-state index in [2.05, 4.69) is 62.9 Å². The number of hydrogen-bond acceptors (Lipinski definition) is 13. The van der Waals surface area contributed by atoms with Gasteiger partial charge in [-0.2, -0.15) is 0 Å². The highest BCUT2D eigenvalue weighted by molar-refractivity contribution is 9.09. The van der Waals surface area contributed by atoms with E-state index in [1.165, 1.54) is 0 Å². The van der Waals surface area contributed by atoms with Crippen molar-refractivity contribution in [3.8, 4) is 23.0 Å². The maximum Gasteiger partial charge on any atom is 0.258 e. The number of alkyl halides is 2. The zero-order valence-electron chi connectivity index (χ0n) is 56.0. The normalized spacial score (nSPS) is 28.0. The molecule has 4 aromatic carbocycles. The van der Waals surface area contributed by atoms with Gasteiger partial charge >= 0.3 is 0 Å². The van der Waals surface area contributed by atoms with Crippen molar-refractivity contribution in [3.05, 3.63) is 117 Å². The van der Waals surface area contributed by atoms with Crippen LogP contribution in [0, 0.1) is 5.41 Å². The van der Waals surface area contributed by atoms with E-state index in [-0.39, 0.29) is 124 Å².